The van der Waals surface area contributed by atoms with Gasteiger partial charge in [-0.3, -0.25) is 0 Å². The average molecular weight is 132 g/mol. The van der Waals surface area contributed by atoms with Gasteiger partial charge in [0.1, 0.15) is 0 Å². The van der Waals surface area contributed by atoms with E-state index in [1.165, 1.54) is 0 Å². The van der Waals surface area contributed by atoms with Gasteiger partial charge >= 0.3 is 0 Å². The third kappa shape index (κ3) is 5.76. The molecular weight excluding hydrogens is 116 g/mol. The lowest BCUT2D eigenvalue weighted by Gasteiger charge is -2.08. The van der Waals surface area contributed by atoms with Crippen molar-refractivity contribution in [2.24, 2.45) is 5.73 Å². The van der Waals surface area contributed by atoms with Crippen molar-refractivity contribution in [1.29, 1.82) is 0 Å². The molecule has 0 saturated heterocycles. The highest BCUT2D eigenvalue weighted by molar-refractivity contribution is 4.57. The Morgan fingerprint density at radius 1 is 1.67 bits per heavy atom. The predicted molar refractivity (Wildman–Crippen MR) is 38.2 cm³/mol. The van der Waals surface area contributed by atoms with Gasteiger partial charge in [-0.25, -0.2) is 0 Å². The van der Waals surface area contributed by atoms with Gasteiger partial charge < -0.3 is 16.2 Å². The van der Waals surface area contributed by atoms with E-state index in [1.807, 2.05) is 6.92 Å². The normalized spacial score (nSPS) is 13.7. The van der Waals surface area contributed by atoms with Gasteiger partial charge in [0.05, 0.1) is 6.61 Å². The SMILES string of the molecule is C[C@H](CO)NCCCN. The lowest BCUT2D eigenvalue weighted by atomic mass is 10.3. The highest BCUT2D eigenvalue weighted by Gasteiger charge is 1.94. The maximum absolute atomic E-state index is 8.54. The molecule has 0 radical (unpaired) electrons. The van der Waals surface area contributed by atoms with E-state index < -0.39 is 0 Å². The third-order valence-corrected chi connectivity index (χ3v) is 1.15. The largest absolute Gasteiger partial charge is 0.395 e. The molecule has 0 aromatic rings. The Kier molecular flexibility index (Phi) is 5.93. The number of nitrogens with two attached hydrogens (primary N) is 1. The van der Waals surface area contributed by atoms with E-state index in [2.05, 4.69) is 5.32 Å². The molecule has 0 bridgehead atoms. The number of hydrogen-bond acceptors (Lipinski definition) is 3. The third-order valence-electron chi connectivity index (χ3n) is 1.15. The van der Waals surface area contributed by atoms with Gasteiger partial charge in [0.25, 0.3) is 0 Å². The summed E-state index contributed by atoms with van der Waals surface area (Å²) in [5.74, 6) is 0. The van der Waals surface area contributed by atoms with Crippen LogP contribution in [-0.2, 0) is 0 Å². The molecule has 0 saturated carbocycles. The van der Waals surface area contributed by atoms with Crippen molar-refractivity contribution in [3.63, 3.8) is 0 Å². The summed E-state index contributed by atoms with van der Waals surface area (Å²) in [7, 11) is 0. The number of rotatable bonds is 5. The molecular formula is C6H16N2O. The molecule has 0 aliphatic rings. The van der Waals surface area contributed by atoms with Crippen molar-refractivity contribution < 1.29 is 5.11 Å². The van der Waals surface area contributed by atoms with E-state index in [0.29, 0.717) is 6.54 Å². The second-order valence-electron chi connectivity index (χ2n) is 2.18. The van der Waals surface area contributed by atoms with Gasteiger partial charge in [0.15, 0.2) is 0 Å². The molecule has 3 nitrogen and oxygen atoms in total. The molecule has 0 amide bonds. The van der Waals surface area contributed by atoms with Crippen molar-refractivity contribution in [1.82, 2.24) is 5.32 Å². The molecule has 0 aromatic carbocycles. The number of aliphatic hydroxyl groups is 1. The van der Waals surface area contributed by atoms with Crippen molar-refractivity contribution in [3.05, 3.63) is 0 Å². The quantitative estimate of drug-likeness (QED) is 0.434. The summed E-state index contributed by atoms with van der Waals surface area (Å²) in [6.07, 6.45) is 0.977. The van der Waals surface area contributed by atoms with Gasteiger partial charge in [0, 0.05) is 6.04 Å². The minimum atomic E-state index is 0.199. The summed E-state index contributed by atoms with van der Waals surface area (Å²) < 4.78 is 0. The minimum absolute atomic E-state index is 0.199. The number of nitrogens with one attached hydrogen (secondary N) is 1. The Hall–Kier alpha value is -0.120. The Labute approximate surface area is 56.2 Å². The average Bonchev–Trinajstić information content (AvgIpc) is 1.89. The lowest BCUT2D eigenvalue weighted by molar-refractivity contribution is 0.252. The highest BCUT2D eigenvalue weighted by atomic mass is 16.3. The molecule has 0 rings (SSSR count). The van der Waals surface area contributed by atoms with Crippen LogP contribution >= 0.6 is 0 Å². The number of aliphatic hydroxyl groups excluding tert-OH is 1. The summed E-state index contributed by atoms with van der Waals surface area (Å²) in [6, 6.07) is 0.205. The minimum Gasteiger partial charge on any atom is -0.395 e. The van der Waals surface area contributed by atoms with Gasteiger partial charge in [-0.15, -0.1) is 0 Å². The topological polar surface area (TPSA) is 58.3 Å². The highest BCUT2D eigenvalue weighted by Crippen LogP contribution is 1.77. The summed E-state index contributed by atoms with van der Waals surface area (Å²) in [4.78, 5) is 0. The maximum atomic E-state index is 8.54. The van der Waals surface area contributed by atoms with Gasteiger partial charge in [-0.2, -0.15) is 0 Å². The van der Waals surface area contributed by atoms with Crippen LogP contribution in [0.1, 0.15) is 13.3 Å². The summed E-state index contributed by atoms with van der Waals surface area (Å²) >= 11 is 0. The molecule has 4 N–H and O–H groups in total. The molecule has 0 aromatic heterocycles. The Morgan fingerprint density at radius 3 is 2.78 bits per heavy atom. The van der Waals surface area contributed by atoms with Crippen molar-refractivity contribution in [3.8, 4) is 0 Å². The molecule has 9 heavy (non-hydrogen) atoms. The molecule has 0 aliphatic heterocycles. The second kappa shape index (κ2) is 6.01. The van der Waals surface area contributed by atoms with Crippen molar-refractivity contribution in [2.75, 3.05) is 19.7 Å². The summed E-state index contributed by atoms with van der Waals surface area (Å²) in [6.45, 7) is 3.75. The first-order valence-electron chi connectivity index (χ1n) is 3.35. The van der Waals surface area contributed by atoms with E-state index in [0.717, 1.165) is 13.0 Å². The predicted octanol–water partition coefficient (Wildman–Crippen LogP) is -0.694. The molecule has 1 atom stereocenters. The lowest BCUT2D eigenvalue weighted by Crippen LogP contribution is -2.30. The van der Waals surface area contributed by atoms with Crippen LogP contribution in [0.25, 0.3) is 0 Å². The zero-order valence-corrected chi connectivity index (χ0v) is 5.93. The smallest absolute Gasteiger partial charge is 0.0581 e. The van der Waals surface area contributed by atoms with Crippen LogP contribution in [0.4, 0.5) is 0 Å². The van der Waals surface area contributed by atoms with Gasteiger partial charge in [-0.05, 0) is 26.4 Å². The van der Waals surface area contributed by atoms with E-state index in [-0.39, 0.29) is 12.6 Å². The molecule has 0 fully saturated rings. The van der Waals surface area contributed by atoms with Crippen LogP contribution < -0.4 is 11.1 Å². The first kappa shape index (κ1) is 8.88. The van der Waals surface area contributed by atoms with Crippen molar-refractivity contribution in [2.45, 2.75) is 19.4 Å². The van der Waals surface area contributed by atoms with Gasteiger partial charge in [-0.1, -0.05) is 0 Å². The zero-order valence-electron chi connectivity index (χ0n) is 5.93. The van der Waals surface area contributed by atoms with Crippen LogP contribution in [0, 0.1) is 0 Å². The summed E-state index contributed by atoms with van der Waals surface area (Å²) in [5, 5.41) is 11.6. The van der Waals surface area contributed by atoms with Crippen LogP contribution in [0.2, 0.25) is 0 Å². The Balaban J connectivity index is 2.88. The Bertz CT molecular complexity index is 59.0. The molecule has 0 spiro atoms. The van der Waals surface area contributed by atoms with Crippen LogP contribution in [0.3, 0.4) is 0 Å². The zero-order chi connectivity index (χ0) is 7.11. The monoisotopic (exact) mass is 132 g/mol. The molecule has 0 aliphatic carbocycles. The molecule has 0 unspecified atom stereocenters. The van der Waals surface area contributed by atoms with Crippen LogP contribution in [0.15, 0.2) is 0 Å². The fraction of sp³-hybridized carbons (Fsp3) is 1.00. The summed E-state index contributed by atoms with van der Waals surface area (Å²) in [5.41, 5.74) is 5.25. The van der Waals surface area contributed by atoms with Gasteiger partial charge in [0.2, 0.25) is 0 Å². The van der Waals surface area contributed by atoms with E-state index in [4.69, 9.17) is 10.8 Å². The van der Waals surface area contributed by atoms with Crippen LogP contribution in [-0.4, -0.2) is 30.8 Å². The first-order chi connectivity index (χ1) is 4.31. The van der Waals surface area contributed by atoms with E-state index in [1.54, 1.807) is 0 Å². The van der Waals surface area contributed by atoms with E-state index in [9.17, 15) is 0 Å². The molecule has 0 heterocycles. The molecule has 3 heteroatoms. The van der Waals surface area contributed by atoms with E-state index >= 15 is 0 Å². The molecule has 56 valence electrons. The second-order valence-corrected chi connectivity index (χ2v) is 2.18. The fourth-order valence-corrected chi connectivity index (χ4v) is 0.515. The standard InChI is InChI=1S/C6H16N2O/c1-6(5-9)8-4-2-3-7/h6,8-9H,2-5,7H2,1H3/t6-/m1/s1. The van der Waals surface area contributed by atoms with Crippen molar-refractivity contribution >= 4 is 0 Å². The number of hydrogen-bond donors (Lipinski definition) is 3. The first-order valence-corrected chi connectivity index (χ1v) is 3.35. The van der Waals surface area contributed by atoms with Crippen LogP contribution in [0.5, 0.6) is 0 Å². The maximum Gasteiger partial charge on any atom is 0.0581 e. The Morgan fingerprint density at radius 2 is 2.33 bits per heavy atom. The fourth-order valence-electron chi connectivity index (χ4n) is 0.515.